The highest BCUT2D eigenvalue weighted by atomic mass is 16.5. The number of methoxy groups -OCH3 is 1. The van der Waals surface area contributed by atoms with Gasteiger partial charge in [0.15, 0.2) is 5.82 Å². The molecule has 6 nitrogen and oxygen atoms in total. The van der Waals surface area contributed by atoms with Crippen LogP contribution in [-0.4, -0.2) is 48.4 Å². The van der Waals surface area contributed by atoms with E-state index in [2.05, 4.69) is 15.0 Å². The van der Waals surface area contributed by atoms with Crippen molar-refractivity contribution in [3.05, 3.63) is 42.2 Å². The third-order valence-electron chi connectivity index (χ3n) is 2.62. The van der Waals surface area contributed by atoms with Gasteiger partial charge in [0.2, 0.25) is 0 Å². The first-order valence-electron chi connectivity index (χ1n) is 6.31. The largest absolute Gasteiger partial charge is 0.465 e. The molecule has 0 aliphatic rings. The number of carbonyl (C=O) groups is 1. The molecular formula is C15H16N4O2. The molecule has 6 heteroatoms. The molecule has 0 bridgehead atoms. The molecule has 0 fully saturated rings. The summed E-state index contributed by atoms with van der Waals surface area (Å²) in [4.78, 5) is 26.1. The molecule has 0 saturated carbocycles. The summed E-state index contributed by atoms with van der Waals surface area (Å²) in [6.45, 7) is 0. The Morgan fingerprint density at radius 1 is 1.29 bits per heavy atom. The number of aliphatic imine (C=N–C) groups is 1. The van der Waals surface area contributed by atoms with Gasteiger partial charge in [-0.15, -0.1) is 0 Å². The van der Waals surface area contributed by atoms with Crippen LogP contribution in [0.2, 0.25) is 0 Å². The van der Waals surface area contributed by atoms with Gasteiger partial charge in [0.25, 0.3) is 0 Å². The lowest BCUT2D eigenvalue weighted by atomic mass is 10.1. The van der Waals surface area contributed by atoms with Crippen molar-refractivity contribution in [2.24, 2.45) is 4.99 Å². The summed E-state index contributed by atoms with van der Waals surface area (Å²) in [6.07, 6.45) is 4.94. The Morgan fingerprint density at radius 2 is 2.00 bits per heavy atom. The van der Waals surface area contributed by atoms with E-state index in [0.29, 0.717) is 17.1 Å². The van der Waals surface area contributed by atoms with Gasteiger partial charge in [-0.2, -0.15) is 0 Å². The first kappa shape index (κ1) is 14.6. The Labute approximate surface area is 123 Å². The van der Waals surface area contributed by atoms with E-state index in [1.807, 2.05) is 25.1 Å². The van der Waals surface area contributed by atoms with Gasteiger partial charge in [-0.3, -0.25) is 0 Å². The lowest BCUT2D eigenvalue weighted by Gasteiger charge is -2.04. The van der Waals surface area contributed by atoms with Crippen molar-refractivity contribution < 1.29 is 9.53 Å². The molecule has 0 unspecified atom stereocenters. The molecular weight excluding hydrogens is 268 g/mol. The molecule has 0 saturated heterocycles. The van der Waals surface area contributed by atoms with Crippen molar-refractivity contribution in [1.29, 1.82) is 0 Å². The molecule has 1 aromatic heterocycles. The normalized spacial score (nSPS) is 10.6. The van der Waals surface area contributed by atoms with Gasteiger partial charge < -0.3 is 9.64 Å². The van der Waals surface area contributed by atoms with Crippen molar-refractivity contribution in [1.82, 2.24) is 14.9 Å². The fourth-order valence-electron chi connectivity index (χ4n) is 1.62. The maximum absolute atomic E-state index is 11.5. The highest BCUT2D eigenvalue weighted by Crippen LogP contribution is 2.18. The summed E-state index contributed by atoms with van der Waals surface area (Å²) in [5.41, 5.74) is 1.88. The number of carbonyl (C=O) groups excluding carboxylic acids is 1. The molecule has 2 aromatic rings. The summed E-state index contributed by atoms with van der Waals surface area (Å²) in [5.74, 6) is 0.147. The van der Waals surface area contributed by atoms with Crippen LogP contribution in [0.15, 0.2) is 41.7 Å². The minimum absolute atomic E-state index is 0.385. The average molecular weight is 284 g/mol. The fourth-order valence-corrected chi connectivity index (χ4v) is 1.62. The molecule has 0 amide bonds. The highest BCUT2D eigenvalue weighted by Gasteiger charge is 2.08. The summed E-state index contributed by atoms with van der Waals surface area (Å²) in [6, 6.07) is 6.99. The quantitative estimate of drug-likeness (QED) is 0.489. The van der Waals surface area contributed by atoms with Crippen LogP contribution in [0, 0.1) is 0 Å². The van der Waals surface area contributed by atoms with E-state index < -0.39 is 0 Å². The minimum atomic E-state index is -0.385. The van der Waals surface area contributed by atoms with Crippen LogP contribution in [0.3, 0.4) is 0 Å². The van der Waals surface area contributed by atoms with E-state index in [1.54, 1.807) is 36.9 Å². The van der Waals surface area contributed by atoms with Gasteiger partial charge in [0.1, 0.15) is 5.69 Å². The predicted molar refractivity (Wildman–Crippen MR) is 80.6 cm³/mol. The predicted octanol–water partition coefficient (Wildman–Crippen LogP) is 2.15. The minimum Gasteiger partial charge on any atom is -0.465 e. The molecule has 0 spiro atoms. The fraction of sp³-hybridized carbons (Fsp3) is 0.200. The topological polar surface area (TPSA) is 67.7 Å². The lowest BCUT2D eigenvalue weighted by molar-refractivity contribution is 0.0601. The molecule has 2 rings (SSSR count). The van der Waals surface area contributed by atoms with Crippen LogP contribution in [0.1, 0.15) is 10.4 Å². The molecule has 0 radical (unpaired) electrons. The Hall–Kier alpha value is -2.76. The number of esters is 1. The standard InChI is InChI=1S/C15H16N4O2/c1-19(2)10-18-13-8-16-14(17-9-13)11-5-4-6-12(7-11)15(20)21-3/h4-10H,1-3H3/b18-10+. The zero-order chi connectivity index (χ0) is 15.2. The zero-order valence-electron chi connectivity index (χ0n) is 12.1. The molecule has 21 heavy (non-hydrogen) atoms. The van der Waals surface area contributed by atoms with Gasteiger partial charge in [-0.1, -0.05) is 12.1 Å². The van der Waals surface area contributed by atoms with E-state index in [0.717, 1.165) is 5.56 Å². The van der Waals surface area contributed by atoms with E-state index in [4.69, 9.17) is 4.74 Å². The maximum Gasteiger partial charge on any atom is 0.337 e. The summed E-state index contributed by atoms with van der Waals surface area (Å²) in [7, 11) is 5.12. The molecule has 108 valence electrons. The van der Waals surface area contributed by atoms with Crippen LogP contribution in [0.5, 0.6) is 0 Å². The lowest BCUT2D eigenvalue weighted by Crippen LogP contribution is -2.07. The van der Waals surface area contributed by atoms with Crippen LogP contribution < -0.4 is 0 Å². The Morgan fingerprint density at radius 3 is 2.62 bits per heavy atom. The van der Waals surface area contributed by atoms with E-state index in [9.17, 15) is 4.79 Å². The number of rotatable bonds is 4. The van der Waals surface area contributed by atoms with Crippen molar-refractivity contribution in [2.75, 3.05) is 21.2 Å². The zero-order valence-corrected chi connectivity index (χ0v) is 12.1. The van der Waals surface area contributed by atoms with Crippen molar-refractivity contribution in [3.63, 3.8) is 0 Å². The van der Waals surface area contributed by atoms with E-state index in [1.165, 1.54) is 7.11 Å². The molecule has 0 atom stereocenters. The van der Waals surface area contributed by atoms with Crippen molar-refractivity contribution >= 4 is 18.0 Å². The molecule has 0 aliphatic heterocycles. The smallest absolute Gasteiger partial charge is 0.337 e. The number of ether oxygens (including phenoxy) is 1. The number of hydrogen-bond acceptors (Lipinski definition) is 5. The average Bonchev–Trinajstić information content (AvgIpc) is 2.52. The number of hydrogen-bond donors (Lipinski definition) is 0. The van der Waals surface area contributed by atoms with E-state index >= 15 is 0 Å². The SMILES string of the molecule is COC(=O)c1cccc(-c2ncc(/N=C/N(C)C)cn2)c1. The Bertz CT molecular complexity index is 651. The van der Waals surface area contributed by atoms with Crippen LogP contribution in [0.25, 0.3) is 11.4 Å². The van der Waals surface area contributed by atoms with Crippen molar-refractivity contribution in [2.45, 2.75) is 0 Å². The van der Waals surface area contributed by atoms with Crippen LogP contribution in [0.4, 0.5) is 5.69 Å². The summed E-state index contributed by atoms with van der Waals surface area (Å²) < 4.78 is 4.70. The number of benzene rings is 1. The maximum atomic E-state index is 11.5. The first-order valence-corrected chi connectivity index (χ1v) is 6.31. The third-order valence-corrected chi connectivity index (χ3v) is 2.62. The van der Waals surface area contributed by atoms with Gasteiger partial charge in [0.05, 0.1) is 31.4 Å². The second-order valence-corrected chi connectivity index (χ2v) is 4.55. The summed E-state index contributed by atoms with van der Waals surface area (Å²) in [5, 5.41) is 0. The first-order chi connectivity index (χ1) is 10.1. The molecule has 0 N–H and O–H groups in total. The second kappa shape index (κ2) is 6.60. The van der Waals surface area contributed by atoms with Gasteiger partial charge in [-0.05, 0) is 12.1 Å². The molecule has 0 aliphatic carbocycles. The van der Waals surface area contributed by atoms with Crippen molar-refractivity contribution in [3.8, 4) is 11.4 Å². The Kier molecular flexibility index (Phi) is 4.61. The summed E-state index contributed by atoms with van der Waals surface area (Å²) >= 11 is 0. The van der Waals surface area contributed by atoms with Gasteiger partial charge >= 0.3 is 5.97 Å². The number of nitrogens with zero attached hydrogens (tertiary/aromatic N) is 4. The van der Waals surface area contributed by atoms with Crippen LogP contribution in [-0.2, 0) is 4.74 Å². The van der Waals surface area contributed by atoms with Gasteiger partial charge in [0, 0.05) is 19.7 Å². The van der Waals surface area contributed by atoms with E-state index in [-0.39, 0.29) is 5.97 Å². The highest BCUT2D eigenvalue weighted by molar-refractivity contribution is 5.90. The monoisotopic (exact) mass is 284 g/mol. The molecule has 1 aromatic carbocycles. The van der Waals surface area contributed by atoms with Crippen LogP contribution >= 0.6 is 0 Å². The number of aromatic nitrogens is 2. The molecule has 1 heterocycles. The Balaban J connectivity index is 2.24. The second-order valence-electron chi connectivity index (χ2n) is 4.55. The van der Waals surface area contributed by atoms with Gasteiger partial charge in [-0.25, -0.2) is 19.8 Å². The third kappa shape index (κ3) is 3.85.